The van der Waals surface area contributed by atoms with E-state index in [2.05, 4.69) is 46.9 Å². The Balaban J connectivity index is 1.84. The van der Waals surface area contributed by atoms with Crippen molar-refractivity contribution < 1.29 is 4.39 Å². The van der Waals surface area contributed by atoms with Crippen molar-refractivity contribution in [2.75, 3.05) is 23.7 Å². The molecule has 3 N–H and O–H groups in total. The number of piperidine rings is 1. The molecule has 0 unspecified atom stereocenters. The summed E-state index contributed by atoms with van der Waals surface area (Å²) < 4.78 is 14.7. The molecule has 2 heterocycles. The van der Waals surface area contributed by atoms with E-state index in [0.29, 0.717) is 17.6 Å². The second-order valence-corrected chi connectivity index (χ2v) is 8.21. The molecule has 0 saturated carbocycles. The Hall–Kier alpha value is -2.66. The molecule has 1 aromatic heterocycles. The zero-order valence-corrected chi connectivity index (χ0v) is 17.3. The van der Waals surface area contributed by atoms with Crippen LogP contribution in [-0.2, 0) is 0 Å². The largest absolute Gasteiger partial charge is 0.382 e. The van der Waals surface area contributed by atoms with Gasteiger partial charge in [-0.2, -0.15) is 0 Å². The summed E-state index contributed by atoms with van der Waals surface area (Å²) in [5.74, 6) is 0.666. The average Bonchev–Trinajstić information content (AvgIpc) is 2.69. The molecular weight excluding hydrogens is 363 g/mol. The molecule has 2 aromatic carbocycles. The number of hydrogen-bond acceptors (Lipinski definition) is 4. The van der Waals surface area contributed by atoms with E-state index in [9.17, 15) is 4.39 Å². The van der Waals surface area contributed by atoms with E-state index >= 15 is 0 Å². The summed E-state index contributed by atoms with van der Waals surface area (Å²) in [4.78, 5) is 4.57. The first-order chi connectivity index (χ1) is 14.0. The van der Waals surface area contributed by atoms with Gasteiger partial charge in [0.25, 0.3) is 0 Å². The maximum absolute atomic E-state index is 14.7. The van der Waals surface area contributed by atoms with Gasteiger partial charge in [0.1, 0.15) is 11.6 Å². The van der Waals surface area contributed by atoms with Crippen molar-refractivity contribution in [3.8, 4) is 11.1 Å². The van der Waals surface area contributed by atoms with Gasteiger partial charge in [0.05, 0.1) is 0 Å². The van der Waals surface area contributed by atoms with Crippen LogP contribution < -0.4 is 16.0 Å². The van der Waals surface area contributed by atoms with Gasteiger partial charge >= 0.3 is 0 Å². The van der Waals surface area contributed by atoms with Gasteiger partial charge in [-0.25, -0.2) is 9.37 Å². The SMILES string of the molecule is Cc1cccc(F)c1-c1cc(NC2CCNCC2)c2cc(NC(C)C)ncc2c1. The van der Waals surface area contributed by atoms with Crippen molar-refractivity contribution in [1.29, 1.82) is 0 Å². The number of nitrogens with one attached hydrogen (secondary N) is 3. The highest BCUT2D eigenvalue weighted by molar-refractivity contribution is 5.99. The van der Waals surface area contributed by atoms with Gasteiger partial charge < -0.3 is 16.0 Å². The monoisotopic (exact) mass is 392 g/mol. The predicted octanol–water partition coefficient (Wildman–Crippen LogP) is 5.33. The third-order valence-corrected chi connectivity index (χ3v) is 5.48. The Bertz CT molecular complexity index is 989. The summed E-state index contributed by atoms with van der Waals surface area (Å²) in [6.45, 7) is 8.19. The summed E-state index contributed by atoms with van der Waals surface area (Å²) in [6, 6.07) is 12.2. The lowest BCUT2D eigenvalue weighted by Crippen LogP contribution is -2.35. The lowest BCUT2D eigenvalue weighted by molar-refractivity contribution is 0.479. The maximum atomic E-state index is 14.7. The molecule has 1 aliphatic rings. The van der Waals surface area contributed by atoms with Crippen LogP contribution in [0.4, 0.5) is 15.9 Å². The summed E-state index contributed by atoms with van der Waals surface area (Å²) >= 11 is 0. The van der Waals surface area contributed by atoms with Gasteiger partial charge in [-0.3, -0.25) is 0 Å². The second kappa shape index (κ2) is 8.37. The molecule has 0 atom stereocenters. The minimum Gasteiger partial charge on any atom is -0.382 e. The van der Waals surface area contributed by atoms with E-state index in [1.54, 1.807) is 6.07 Å². The highest BCUT2D eigenvalue weighted by atomic mass is 19.1. The van der Waals surface area contributed by atoms with Crippen LogP contribution in [0.2, 0.25) is 0 Å². The zero-order chi connectivity index (χ0) is 20.4. The molecule has 1 fully saturated rings. The second-order valence-electron chi connectivity index (χ2n) is 8.21. The zero-order valence-electron chi connectivity index (χ0n) is 17.3. The van der Waals surface area contributed by atoms with Crippen LogP contribution in [0, 0.1) is 12.7 Å². The molecule has 0 amide bonds. The number of fused-ring (bicyclic) bond motifs is 1. The molecule has 1 saturated heterocycles. The number of hydrogen-bond donors (Lipinski definition) is 3. The van der Waals surface area contributed by atoms with Crippen LogP contribution in [0.5, 0.6) is 0 Å². The first-order valence-electron chi connectivity index (χ1n) is 10.4. The van der Waals surface area contributed by atoms with Gasteiger partial charge in [0, 0.05) is 40.3 Å². The van der Waals surface area contributed by atoms with E-state index in [1.165, 1.54) is 6.07 Å². The molecule has 4 rings (SSSR count). The Morgan fingerprint density at radius 3 is 2.66 bits per heavy atom. The summed E-state index contributed by atoms with van der Waals surface area (Å²) in [6.07, 6.45) is 4.03. The van der Waals surface area contributed by atoms with Crippen LogP contribution in [0.3, 0.4) is 0 Å². The molecule has 3 aromatic rings. The highest BCUT2D eigenvalue weighted by Gasteiger charge is 2.17. The molecule has 4 nitrogen and oxygen atoms in total. The molecule has 152 valence electrons. The van der Waals surface area contributed by atoms with Crippen molar-refractivity contribution >= 4 is 22.3 Å². The topological polar surface area (TPSA) is 49.0 Å². The van der Waals surface area contributed by atoms with Crippen LogP contribution in [0.25, 0.3) is 21.9 Å². The highest BCUT2D eigenvalue weighted by Crippen LogP contribution is 2.35. The van der Waals surface area contributed by atoms with E-state index < -0.39 is 0 Å². The Morgan fingerprint density at radius 1 is 1.14 bits per heavy atom. The quantitative estimate of drug-likeness (QED) is 0.549. The van der Waals surface area contributed by atoms with Gasteiger partial charge in [-0.15, -0.1) is 0 Å². The number of pyridine rings is 1. The fourth-order valence-corrected chi connectivity index (χ4v) is 4.08. The molecule has 0 aliphatic carbocycles. The van der Waals surface area contributed by atoms with Crippen molar-refractivity contribution in [3.63, 3.8) is 0 Å². The lowest BCUT2D eigenvalue weighted by Gasteiger charge is -2.26. The first kappa shape index (κ1) is 19.6. The fourth-order valence-electron chi connectivity index (χ4n) is 4.08. The number of anilines is 2. The van der Waals surface area contributed by atoms with Crippen molar-refractivity contribution in [2.45, 2.75) is 45.7 Å². The number of halogens is 1. The lowest BCUT2D eigenvalue weighted by atomic mass is 9.96. The minimum atomic E-state index is -0.191. The number of aryl methyl sites for hydroxylation is 1. The standard InChI is InChI=1S/C24H29FN4/c1-15(2)28-23-13-20-18(14-27-23)11-17(24-16(3)5-4-6-21(24)25)12-22(20)29-19-7-9-26-10-8-19/h4-6,11-15,19,26,29H,7-10H2,1-3H3,(H,27,28). The van der Waals surface area contributed by atoms with Crippen LogP contribution in [0.1, 0.15) is 32.3 Å². The fraction of sp³-hybridized carbons (Fsp3) is 0.375. The van der Waals surface area contributed by atoms with Gasteiger partial charge in [0.2, 0.25) is 0 Å². The minimum absolute atomic E-state index is 0.191. The summed E-state index contributed by atoms with van der Waals surface area (Å²) in [7, 11) is 0. The van der Waals surface area contributed by atoms with Gasteiger partial charge in [-0.05, 0) is 82.1 Å². The molecule has 1 aliphatic heterocycles. The van der Waals surface area contributed by atoms with E-state index in [0.717, 1.165) is 59.3 Å². The Labute approximate surface area is 171 Å². The Kier molecular flexibility index (Phi) is 5.67. The molecule has 5 heteroatoms. The summed E-state index contributed by atoms with van der Waals surface area (Å²) in [5.41, 5.74) is 3.52. The number of nitrogens with zero attached hydrogens (tertiary/aromatic N) is 1. The van der Waals surface area contributed by atoms with E-state index in [-0.39, 0.29) is 5.82 Å². The molecule has 0 spiro atoms. The molecule has 0 bridgehead atoms. The number of benzene rings is 2. The maximum Gasteiger partial charge on any atom is 0.131 e. The smallest absolute Gasteiger partial charge is 0.131 e. The van der Waals surface area contributed by atoms with Crippen molar-refractivity contribution in [2.24, 2.45) is 0 Å². The van der Waals surface area contributed by atoms with Crippen LogP contribution >= 0.6 is 0 Å². The molecule has 0 radical (unpaired) electrons. The van der Waals surface area contributed by atoms with Gasteiger partial charge in [-0.1, -0.05) is 12.1 Å². The van der Waals surface area contributed by atoms with Crippen LogP contribution in [-0.4, -0.2) is 30.2 Å². The van der Waals surface area contributed by atoms with Gasteiger partial charge in [0.15, 0.2) is 0 Å². The predicted molar refractivity (Wildman–Crippen MR) is 120 cm³/mol. The van der Waals surface area contributed by atoms with Crippen molar-refractivity contribution in [3.05, 3.63) is 54.0 Å². The summed E-state index contributed by atoms with van der Waals surface area (Å²) in [5, 5.41) is 12.7. The number of aromatic nitrogens is 1. The molecular formula is C24H29FN4. The van der Waals surface area contributed by atoms with Crippen LogP contribution in [0.15, 0.2) is 42.6 Å². The first-order valence-corrected chi connectivity index (χ1v) is 10.4. The average molecular weight is 393 g/mol. The van der Waals surface area contributed by atoms with E-state index in [4.69, 9.17) is 0 Å². The third kappa shape index (κ3) is 4.35. The van der Waals surface area contributed by atoms with E-state index in [1.807, 2.05) is 25.3 Å². The molecule has 29 heavy (non-hydrogen) atoms. The Morgan fingerprint density at radius 2 is 1.93 bits per heavy atom. The third-order valence-electron chi connectivity index (χ3n) is 5.48. The number of rotatable bonds is 5. The normalized spacial score (nSPS) is 15.1. The van der Waals surface area contributed by atoms with Crippen molar-refractivity contribution in [1.82, 2.24) is 10.3 Å².